The number of hydrogen-bond donors (Lipinski definition) is 0. The molecule has 2 aliphatic heterocycles. The van der Waals surface area contributed by atoms with E-state index in [4.69, 9.17) is 4.74 Å². The van der Waals surface area contributed by atoms with E-state index in [1.807, 2.05) is 53.1 Å². The molecule has 1 saturated heterocycles. The maximum atomic E-state index is 13.2. The molecule has 2 aromatic carbocycles. The Morgan fingerprint density at radius 3 is 2.47 bits per heavy atom. The summed E-state index contributed by atoms with van der Waals surface area (Å²) in [6, 6.07) is 16.0. The molecular weight excluding hydrogens is 426 g/mol. The quantitative estimate of drug-likeness (QED) is 0.591. The van der Waals surface area contributed by atoms with E-state index in [0.717, 1.165) is 37.2 Å². The van der Waals surface area contributed by atoms with Crippen LogP contribution in [0.4, 0.5) is 0 Å². The van der Waals surface area contributed by atoms with Crippen LogP contribution >= 0.6 is 0 Å². The molecule has 0 radical (unpaired) electrons. The minimum atomic E-state index is -0.522. The highest BCUT2D eigenvalue weighted by molar-refractivity contribution is 5.81. The Morgan fingerprint density at radius 1 is 1.09 bits per heavy atom. The van der Waals surface area contributed by atoms with Gasteiger partial charge in [-0.25, -0.2) is 0 Å². The topological polar surface area (TPSA) is 53.1 Å². The molecular formula is C28H35N3O3. The van der Waals surface area contributed by atoms with Crippen LogP contribution in [0.15, 0.2) is 61.2 Å². The van der Waals surface area contributed by atoms with Gasteiger partial charge < -0.3 is 14.5 Å². The van der Waals surface area contributed by atoms with Crippen molar-refractivity contribution in [1.82, 2.24) is 14.7 Å². The van der Waals surface area contributed by atoms with Gasteiger partial charge in [0.05, 0.1) is 6.04 Å². The summed E-state index contributed by atoms with van der Waals surface area (Å²) in [6.07, 6.45) is 2.79. The van der Waals surface area contributed by atoms with Crippen molar-refractivity contribution in [3.05, 3.63) is 77.9 Å². The zero-order valence-electron chi connectivity index (χ0n) is 20.3. The first-order chi connectivity index (χ1) is 16.5. The molecule has 180 valence electrons. The summed E-state index contributed by atoms with van der Waals surface area (Å²) in [6.45, 7) is 12.1. The zero-order valence-corrected chi connectivity index (χ0v) is 20.3. The van der Waals surface area contributed by atoms with Crippen molar-refractivity contribution in [2.24, 2.45) is 0 Å². The third-order valence-electron chi connectivity index (χ3n) is 6.86. The van der Waals surface area contributed by atoms with Crippen LogP contribution in [0.25, 0.3) is 0 Å². The molecule has 0 spiro atoms. The number of fused-ring (bicyclic) bond motifs is 1. The van der Waals surface area contributed by atoms with Crippen molar-refractivity contribution < 1.29 is 14.3 Å². The maximum Gasteiger partial charge on any atom is 0.263 e. The summed E-state index contributed by atoms with van der Waals surface area (Å²) in [4.78, 5) is 31.8. The van der Waals surface area contributed by atoms with Gasteiger partial charge in [0.15, 0.2) is 6.10 Å². The van der Waals surface area contributed by atoms with E-state index < -0.39 is 6.10 Å². The lowest BCUT2D eigenvalue weighted by molar-refractivity contribution is -0.140. The van der Waals surface area contributed by atoms with Gasteiger partial charge in [-0.3, -0.25) is 14.5 Å². The fourth-order valence-electron chi connectivity index (χ4n) is 5.01. The number of rotatable bonds is 7. The molecule has 2 aliphatic rings. The predicted octanol–water partition coefficient (Wildman–Crippen LogP) is 3.67. The van der Waals surface area contributed by atoms with Crippen LogP contribution < -0.4 is 4.74 Å². The number of amides is 2. The molecule has 2 amide bonds. The molecule has 2 atom stereocenters. The number of benzene rings is 2. The SMILES string of the molecule is C=CCN1CCN(C(=O)C(CC)Oc2ccc3c(c2)C(c2ccccc2)N(C(C)=O)CC3)CC1. The highest BCUT2D eigenvalue weighted by atomic mass is 16.5. The van der Waals surface area contributed by atoms with Crippen molar-refractivity contribution in [3.63, 3.8) is 0 Å². The molecule has 0 aromatic heterocycles. The highest BCUT2D eigenvalue weighted by Gasteiger charge is 2.32. The van der Waals surface area contributed by atoms with Crippen LogP contribution in [0.3, 0.4) is 0 Å². The third-order valence-corrected chi connectivity index (χ3v) is 6.86. The minimum absolute atomic E-state index is 0.0449. The molecule has 0 saturated carbocycles. The lowest BCUT2D eigenvalue weighted by Crippen LogP contribution is -2.52. The predicted molar refractivity (Wildman–Crippen MR) is 134 cm³/mol. The summed E-state index contributed by atoms with van der Waals surface area (Å²) in [5, 5.41) is 0. The fraction of sp³-hybridized carbons (Fsp3) is 0.429. The van der Waals surface area contributed by atoms with Gasteiger partial charge in [0.25, 0.3) is 5.91 Å². The Labute approximate surface area is 202 Å². The average Bonchev–Trinajstić information content (AvgIpc) is 2.87. The standard InChI is InChI=1S/C28H35N3O3/c1-4-14-29-16-18-30(19-17-29)28(33)26(5-2)34-24-12-11-22-13-15-31(21(3)32)27(25(22)20-24)23-9-7-6-8-10-23/h4,6-12,20,26-27H,1,5,13-19H2,2-3H3. The Morgan fingerprint density at radius 2 is 1.82 bits per heavy atom. The van der Waals surface area contributed by atoms with E-state index in [2.05, 4.69) is 29.7 Å². The van der Waals surface area contributed by atoms with Crippen LogP contribution in [-0.4, -0.2) is 71.9 Å². The normalized spacial score (nSPS) is 19.3. The van der Waals surface area contributed by atoms with Gasteiger partial charge in [-0.15, -0.1) is 6.58 Å². The van der Waals surface area contributed by atoms with Crippen LogP contribution in [0.2, 0.25) is 0 Å². The monoisotopic (exact) mass is 461 g/mol. The van der Waals surface area contributed by atoms with E-state index in [0.29, 0.717) is 31.8 Å². The Hall–Kier alpha value is -3.12. The molecule has 0 aliphatic carbocycles. The van der Waals surface area contributed by atoms with Crippen molar-refractivity contribution in [1.29, 1.82) is 0 Å². The second-order valence-electron chi connectivity index (χ2n) is 9.07. The van der Waals surface area contributed by atoms with Crippen molar-refractivity contribution >= 4 is 11.8 Å². The molecule has 6 nitrogen and oxygen atoms in total. The molecule has 0 N–H and O–H groups in total. The van der Waals surface area contributed by atoms with E-state index in [1.165, 1.54) is 5.56 Å². The molecule has 2 heterocycles. The molecule has 1 fully saturated rings. The molecule has 34 heavy (non-hydrogen) atoms. The van der Waals surface area contributed by atoms with Gasteiger partial charge in [0, 0.05) is 46.2 Å². The summed E-state index contributed by atoms with van der Waals surface area (Å²) in [5.74, 6) is 0.780. The summed E-state index contributed by atoms with van der Waals surface area (Å²) >= 11 is 0. The Kier molecular flexibility index (Phi) is 7.68. The van der Waals surface area contributed by atoms with Crippen LogP contribution in [0, 0.1) is 0 Å². The molecule has 4 rings (SSSR count). The Bertz CT molecular complexity index is 1010. The van der Waals surface area contributed by atoms with Gasteiger partial charge in [0.2, 0.25) is 5.91 Å². The Balaban J connectivity index is 1.54. The summed E-state index contributed by atoms with van der Waals surface area (Å²) < 4.78 is 6.27. The first-order valence-electron chi connectivity index (χ1n) is 12.3. The van der Waals surface area contributed by atoms with E-state index in [-0.39, 0.29) is 17.9 Å². The van der Waals surface area contributed by atoms with Gasteiger partial charge in [-0.1, -0.05) is 49.4 Å². The third kappa shape index (κ3) is 5.17. The van der Waals surface area contributed by atoms with Crippen LogP contribution in [0.5, 0.6) is 5.75 Å². The van der Waals surface area contributed by atoms with Crippen LogP contribution in [0.1, 0.15) is 43.0 Å². The minimum Gasteiger partial charge on any atom is -0.481 e. The molecule has 0 bridgehead atoms. The first-order valence-corrected chi connectivity index (χ1v) is 12.3. The maximum absolute atomic E-state index is 13.2. The lowest BCUT2D eigenvalue weighted by atomic mass is 9.88. The molecule has 2 aromatic rings. The number of carbonyl (C=O) groups excluding carboxylic acids is 2. The number of nitrogens with zero attached hydrogens (tertiary/aromatic N) is 3. The van der Waals surface area contributed by atoms with Crippen molar-refractivity contribution in [3.8, 4) is 5.75 Å². The van der Waals surface area contributed by atoms with Gasteiger partial charge >= 0.3 is 0 Å². The molecule has 6 heteroatoms. The second kappa shape index (κ2) is 10.9. The van der Waals surface area contributed by atoms with Crippen molar-refractivity contribution in [2.45, 2.75) is 38.8 Å². The number of carbonyl (C=O) groups is 2. The second-order valence-corrected chi connectivity index (χ2v) is 9.07. The van der Waals surface area contributed by atoms with Crippen LogP contribution in [-0.2, 0) is 16.0 Å². The summed E-state index contributed by atoms with van der Waals surface area (Å²) in [7, 11) is 0. The van der Waals surface area contributed by atoms with E-state index >= 15 is 0 Å². The number of ether oxygens (including phenoxy) is 1. The molecule has 2 unspecified atom stereocenters. The van der Waals surface area contributed by atoms with Crippen molar-refractivity contribution in [2.75, 3.05) is 39.3 Å². The largest absolute Gasteiger partial charge is 0.481 e. The number of piperazine rings is 1. The van der Waals surface area contributed by atoms with Gasteiger partial charge in [-0.05, 0) is 41.7 Å². The lowest BCUT2D eigenvalue weighted by Gasteiger charge is -2.38. The highest BCUT2D eigenvalue weighted by Crippen LogP contribution is 2.37. The number of hydrogen-bond acceptors (Lipinski definition) is 4. The smallest absolute Gasteiger partial charge is 0.263 e. The van der Waals surface area contributed by atoms with Gasteiger partial charge in [-0.2, -0.15) is 0 Å². The average molecular weight is 462 g/mol. The van der Waals surface area contributed by atoms with E-state index in [1.54, 1.807) is 6.92 Å². The first kappa shape index (κ1) is 24.0. The zero-order chi connectivity index (χ0) is 24.1. The summed E-state index contributed by atoms with van der Waals surface area (Å²) in [5.41, 5.74) is 3.37. The van der Waals surface area contributed by atoms with Gasteiger partial charge in [0.1, 0.15) is 5.75 Å². The fourth-order valence-corrected chi connectivity index (χ4v) is 5.01. The van der Waals surface area contributed by atoms with E-state index in [9.17, 15) is 9.59 Å².